The van der Waals surface area contributed by atoms with Gasteiger partial charge in [-0.1, -0.05) is 0 Å². The van der Waals surface area contributed by atoms with Crippen LogP contribution in [0.2, 0.25) is 0 Å². The molecule has 0 saturated heterocycles. The second-order valence-electron chi connectivity index (χ2n) is 0.600. The monoisotopic (exact) mass is 302 g/mol. The molecule has 0 radical (unpaired) electrons. The van der Waals surface area contributed by atoms with Gasteiger partial charge in [0.25, 0.3) is 0 Å². The molecule has 0 aromatic rings. The van der Waals surface area contributed by atoms with E-state index in [9.17, 15) is 0 Å². The summed E-state index contributed by atoms with van der Waals surface area (Å²) >= 11 is 0. The van der Waals surface area contributed by atoms with Crippen LogP contribution in [0.25, 0.3) is 0 Å². The molecule has 0 aliphatic carbocycles. The molecule has 0 aliphatic heterocycles. The second-order valence-corrected chi connectivity index (χ2v) is 1.80. The third-order valence-corrected chi connectivity index (χ3v) is 0. The van der Waals surface area contributed by atoms with Crippen molar-refractivity contribution < 1.29 is 57.4 Å². The smallest absolute Gasteiger partial charge is 0 e. The summed E-state index contributed by atoms with van der Waals surface area (Å²) in [6.07, 6.45) is 0. The van der Waals surface area contributed by atoms with Crippen LogP contribution in [0.15, 0.2) is 0 Å². The van der Waals surface area contributed by atoms with E-state index in [1.54, 1.807) is 0 Å². The molecule has 7 heavy (non-hydrogen) atoms. The van der Waals surface area contributed by atoms with Gasteiger partial charge in [0, 0.05) is 38.2 Å². The Morgan fingerprint density at radius 1 is 0.857 bits per heavy atom. The SMILES string of the molecule is O[Si](O)(O)O.[CaH2].[Dy]. The summed E-state index contributed by atoms with van der Waals surface area (Å²) < 4.78 is 0. The van der Waals surface area contributed by atoms with Crippen molar-refractivity contribution in [2.45, 2.75) is 0 Å². The Morgan fingerprint density at radius 2 is 0.857 bits per heavy atom. The molecule has 0 aromatic heterocycles. The molecular formula is H6CaDyO4Si. The van der Waals surface area contributed by atoms with E-state index < -0.39 is 9.05 Å². The van der Waals surface area contributed by atoms with E-state index >= 15 is 0 Å². The van der Waals surface area contributed by atoms with Gasteiger partial charge in [0.15, 0.2) is 0 Å². The average Bonchev–Trinajstić information content (AvgIpc) is 0.722. The van der Waals surface area contributed by atoms with Crippen molar-refractivity contribution in [3.8, 4) is 0 Å². The van der Waals surface area contributed by atoms with Crippen LogP contribution in [0.3, 0.4) is 0 Å². The van der Waals surface area contributed by atoms with Crippen molar-refractivity contribution in [1.29, 1.82) is 0 Å². The van der Waals surface area contributed by atoms with Crippen LogP contribution < -0.4 is 0 Å². The zero-order valence-corrected chi connectivity index (χ0v) is 5.63. The minimum absolute atomic E-state index is 0. The summed E-state index contributed by atoms with van der Waals surface area (Å²) in [5.41, 5.74) is 0. The second kappa shape index (κ2) is 6.71. The van der Waals surface area contributed by atoms with Crippen LogP contribution in [0.1, 0.15) is 0 Å². The van der Waals surface area contributed by atoms with Crippen LogP contribution >= 0.6 is 0 Å². The Balaban J connectivity index is -0.0000000800. The van der Waals surface area contributed by atoms with Gasteiger partial charge in [-0.3, -0.25) is 0 Å². The average molecular weight is 301 g/mol. The Labute approximate surface area is 102 Å². The molecule has 46 valence electrons. The molecule has 4 nitrogen and oxygen atoms in total. The Bertz CT molecular complexity index is 27.2. The molecular weight excluding hydrogens is 295 g/mol. The molecule has 0 rings (SSSR count). The molecule has 0 aliphatic rings. The van der Waals surface area contributed by atoms with E-state index in [1.165, 1.54) is 0 Å². The molecule has 0 bridgehead atoms. The van der Waals surface area contributed by atoms with Gasteiger partial charge in [0.2, 0.25) is 0 Å². The molecule has 0 unspecified atom stereocenters. The summed E-state index contributed by atoms with van der Waals surface area (Å²) in [6.45, 7) is 0. The largest absolute Gasteiger partial charge is 0 e. The van der Waals surface area contributed by atoms with Gasteiger partial charge in [-0.2, -0.15) is 0 Å². The molecule has 0 amide bonds. The molecule has 0 aromatic carbocycles. The van der Waals surface area contributed by atoms with Crippen molar-refractivity contribution >= 4 is 46.8 Å². The zero-order chi connectivity index (χ0) is 4.50. The summed E-state index contributed by atoms with van der Waals surface area (Å²) in [5.74, 6) is 0. The van der Waals surface area contributed by atoms with Crippen LogP contribution in [-0.4, -0.2) is 66.0 Å². The maximum atomic E-state index is 7.33. The maximum Gasteiger partial charge on any atom is 0 e. The first-order valence-corrected chi connectivity index (χ1v) is 2.68. The first-order chi connectivity index (χ1) is 2.00. The number of hydrogen-bond acceptors (Lipinski definition) is 4. The first kappa shape index (κ1) is 16.3. The Morgan fingerprint density at radius 3 is 0.857 bits per heavy atom. The molecule has 0 spiro atoms. The fourth-order valence-corrected chi connectivity index (χ4v) is 0. The van der Waals surface area contributed by atoms with Crippen LogP contribution in [0.5, 0.6) is 0 Å². The maximum absolute atomic E-state index is 7.33. The van der Waals surface area contributed by atoms with Gasteiger partial charge < -0.3 is 19.2 Å². The number of hydrogen-bond donors (Lipinski definition) is 4. The Kier molecular flexibility index (Phi) is 15.6. The van der Waals surface area contributed by atoms with Gasteiger partial charge >= 0.3 is 46.8 Å². The van der Waals surface area contributed by atoms with E-state index in [0.29, 0.717) is 0 Å². The third kappa shape index (κ3) is 55.6. The quantitative estimate of drug-likeness (QED) is 0.350. The minimum atomic E-state index is -4.61. The van der Waals surface area contributed by atoms with Gasteiger partial charge in [0.1, 0.15) is 0 Å². The van der Waals surface area contributed by atoms with E-state index in [4.69, 9.17) is 19.2 Å². The van der Waals surface area contributed by atoms with Crippen LogP contribution in [-0.2, 0) is 0 Å². The summed E-state index contributed by atoms with van der Waals surface area (Å²) in [6, 6.07) is 0. The predicted molar refractivity (Wildman–Crippen MR) is 23.2 cm³/mol. The van der Waals surface area contributed by atoms with Gasteiger partial charge in [0.05, 0.1) is 0 Å². The van der Waals surface area contributed by atoms with Crippen LogP contribution in [0, 0.1) is 38.2 Å². The molecule has 0 atom stereocenters. The molecule has 0 heterocycles. The number of rotatable bonds is 0. The standard InChI is InChI=1S/Ca.Dy.H4O4Si.2H/c;;1-5(2,3)4;;/h;;1-4H;;. The minimum Gasteiger partial charge on any atom is 0 e. The fraction of sp³-hybridized carbons (Fsp3) is 0. The molecule has 4 N–H and O–H groups in total. The molecule has 0 saturated carbocycles. The predicted octanol–water partition coefficient (Wildman–Crippen LogP) is -3.52. The van der Waals surface area contributed by atoms with Crippen molar-refractivity contribution in [3.63, 3.8) is 0 Å². The Hall–Kier alpha value is 2.59. The summed E-state index contributed by atoms with van der Waals surface area (Å²) in [5, 5.41) is 0. The molecule has 7 heteroatoms. The third-order valence-electron chi connectivity index (χ3n) is 0. The van der Waals surface area contributed by atoms with Crippen molar-refractivity contribution in [1.82, 2.24) is 0 Å². The van der Waals surface area contributed by atoms with Crippen molar-refractivity contribution in [3.05, 3.63) is 0 Å². The summed E-state index contributed by atoms with van der Waals surface area (Å²) in [4.78, 5) is 29.3. The first-order valence-electron chi connectivity index (χ1n) is 0.894. The summed E-state index contributed by atoms with van der Waals surface area (Å²) in [7, 11) is -4.61. The van der Waals surface area contributed by atoms with E-state index in [-0.39, 0.29) is 75.9 Å². The van der Waals surface area contributed by atoms with E-state index in [2.05, 4.69) is 0 Å². The van der Waals surface area contributed by atoms with E-state index in [1.807, 2.05) is 0 Å². The zero-order valence-electron chi connectivity index (χ0n) is 2.61. The fourth-order valence-electron chi connectivity index (χ4n) is 0. The van der Waals surface area contributed by atoms with Gasteiger partial charge in [-0.15, -0.1) is 0 Å². The topological polar surface area (TPSA) is 80.9 Å². The van der Waals surface area contributed by atoms with Gasteiger partial charge in [-0.05, 0) is 0 Å². The van der Waals surface area contributed by atoms with E-state index in [0.717, 1.165) is 0 Å². The van der Waals surface area contributed by atoms with Gasteiger partial charge in [-0.25, -0.2) is 0 Å². The van der Waals surface area contributed by atoms with Crippen molar-refractivity contribution in [2.75, 3.05) is 0 Å². The normalized spacial score (nSPS) is 8.57. The van der Waals surface area contributed by atoms with Crippen LogP contribution in [0.4, 0.5) is 0 Å². The van der Waals surface area contributed by atoms with Crippen molar-refractivity contribution in [2.24, 2.45) is 0 Å². The molecule has 0 fully saturated rings.